The Kier molecular flexibility index (Phi) is 6.22. The summed E-state index contributed by atoms with van der Waals surface area (Å²) in [6.45, 7) is 1.21. The van der Waals surface area contributed by atoms with E-state index in [0.29, 0.717) is 19.6 Å². The van der Waals surface area contributed by atoms with E-state index in [1.54, 1.807) is 0 Å². The van der Waals surface area contributed by atoms with Crippen molar-refractivity contribution in [2.75, 3.05) is 25.0 Å². The van der Waals surface area contributed by atoms with Crippen molar-refractivity contribution >= 4 is 17.5 Å². The minimum Gasteiger partial charge on any atom is -0.493 e. The molecule has 136 valence electrons. The van der Waals surface area contributed by atoms with Gasteiger partial charge < -0.3 is 20.7 Å². The standard InChI is InChI=1S/C20H23N3O3/c24-19(22-15-6-2-1-3-7-15)10-12-21-14-20(25)23-17-11-13-26-18-9-5-4-8-16(17)18/h1-9,17,21H,10-14H2,(H,22,24)(H,23,25). The summed E-state index contributed by atoms with van der Waals surface area (Å²) in [7, 11) is 0. The molecule has 6 heteroatoms. The molecule has 1 aliphatic rings. The van der Waals surface area contributed by atoms with Crippen LogP contribution in [-0.4, -0.2) is 31.5 Å². The highest BCUT2D eigenvalue weighted by Crippen LogP contribution is 2.31. The molecule has 0 saturated heterocycles. The van der Waals surface area contributed by atoms with Crippen LogP contribution >= 0.6 is 0 Å². The number of anilines is 1. The van der Waals surface area contributed by atoms with Crippen molar-refractivity contribution in [1.82, 2.24) is 10.6 Å². The average molecular weight is 353 g/mol. The lowest BCUT2D eigenvalue weighted by Gasteiger charge is -2.26. The average Bonchev–Trinajstić information content (AvgIpc) is 2.66. The minimum absolute atomic E-state index is 0.0318. The second kappa shape index (κ2) is 9.01. The van der Waals surface area contributed by atoms with Gasteiger partial charge in [-0.3, -0.25) is 9.59 Å². The maximum atomic E-state index is 12.1. The molecule has 2 aromatic rings. The Morgan fingerprint density at radius 3 is 2.62 bits per heavy atom. The molecular formula is C20H23N3O3. The third-order valence-corrected chi connectivity index (χ3v) is 4.17. The van der Waals surface area contributed by atoms with Crippen molar-refractivity contribution < 1.29 is 14.3 Å². The van der Waals surface area contributed by atoms with Crippen molar-refractivity contribution in [3.8, 4) is 5.75 Å². The van der Waals surface area contributed by atoms with E-state index in [-0.39, 0.29) is 24.4 Å². The summed E-state index contributed by atoms with van der Waals surface area (Å²) in [6, 6.07) is 17.0. The Morgan fingerprint density at radius 1 is 1.00 bits per heavy atom. The second-order valence-corrected chi connectivity index (χ2v) is 6.14. The molecule has 0 spiro atoms. The lowest BCUT2D eigenvalue weighted by atomic mass is 10.0. The molecule has 1 unspecified atom stereocenters. The van der Waals surface area contributed by atoms with E-state index in [1.165, 1.54) is 0 Å². The summed E-state index contributed by atoms with van der Waals surface area (Å²) in [4.78, 5) is 24.0. The fraction of sp³-hybridized carbons (Fsp3) is 0.300. The number of fused-ring (bicyclic) bond motifs is 1. The van der Waals surface area contributed by atoms with E-state index in [2.05, 4.69) is 16.0 Å². The molecule has 1 aliphatic heterocycles. The Balaban J connectivity index is 1.37. The van der Waals surface area contributed by atoms with Gasteiger partial charge in [-0.25, -0.2) is 0 Å². The van der Waals surface area contributed by atoms with Gasteiger partial charge in [0.25, 0.3) is 0 Å². The van der Waals surface area contributed by atoms with Crippen LogP contribution in [0.2, 0.25) is 0 Å². The molecule has 6 nitrogen and oxygen atoms in total. The fourth-order valence-electron chi connectivity index (χ4n) is 2.89. The molecule has 0 fully saturated rings. The van der Waals surface area contributed by atoms with Crippen LogP contribution in [0.25, 0.3) is 0 Å². The molecule has 0 bridgehead atoms. The number of benzene rings is 2. The molecule has 26 heavy (non-hydrogen) atoms. The van der Waals surface area contributed by atoms with Crippen LogP contribution in [0, 0.1) is 0 Å². The largest absolute Gasteiger partial charge is 0.493 e. The summed E-state index contributed by atoms with van der Waals surface area (Å²) >= 11 is 0. The van der Waals surface area contributed by atoms with E-state index >= 15 is 0 Å². The van der Waals surface area contributed by atoms with Crippen molar-refractivity contribution in [2.45, 2.75) is 18.9 Å². The second-order valence-electron chi connectivity index (χ2n) is 6.14. The zero-order valence-electron chi connectivity index (χ0n) is 14.5. The first-order valence-corrected chi connectivity index (χ1v) is 8.79. The van der Waals surface area contributed by atoms with Crippen LogP contribution in [0.3, 0.4) is 0 Å². The maximum absolute atomic E-state index is 12.1. The van der Waals surface area contributed by atoms with E-state index in [4.69, 9.17) is 4.74 Å². The van der Waals surface area contributed by atoms with Gasteiger partial charge in [-0.15, -0.1) is 0 Å². The Bertz CT molecular complexity index is 749. The van der Waals surface area contributed by atoms with Gasteiger partial charge in [-0.05, 0) is 18.2 Å². The van der Waals surface area contributed by atoms with Crippen molar-refractivity contribution in [3.05, 3.63) is 60.2 Å². The van der Waals surface area contributed by atoms with E-state index < -0.39 is 0 Å². The Morgan fingerprint density at radius 2 is 1.77 bits per heavy atom. The zero-order chi connectivity index (χ0) is 18.2. The molecule has 1 atom stereocenters. The number of amides is 2. The summed E-state index contributed by atoms with van der Waals surface area (Å²) in [5.74, 6) is 0.659. The SMILES string of the molecule is O=C(CCNCC(=O)NC1CCOc2ccccc21)Nc1ccccc1. The van der Waals surface area contributed by atoms with Gasteiger partial charge in [0.15, 0.2) is 0 Å². The van der Waals surface area contributed by atoms with Crippen LogP contribution in [0.1, 0.15) is 24.4 Å². The monoisotopic (exact) mass is 353 g/mol. The van der Waals surface area contributed by atoms with Gasteiger partial charge in [0, 0.05) is 30.6 Å². The molecule has 2 amide bonds. The first-order valence-electron chi connectivity index (χ1n) is 8.79. The van der Waals surface area contributed by atoms with Crippen LogP contribution in [0.5, 0.6) is 5.75 Å². The highest BCUT2D eigenvalue weighted by Gasteiger charge is 2.22. The van der Waals surface area contributed by atoms with Crippen LogP contribution in [0.4, 0.5) is 5.69 Å². The van der Waals surface area contributed by atoms with Crippen molar-refractivity contribution in [3.63, 3.8) is 0 Å². The normalized spacial score (nSPS) is 15.5. The first-order chi connectivity index (χ1) is 12.7. The zero-order valence-corrected chi connectivity index (χ0v) is 14.5. The Hall–Kier alpha value is -2.86. The van der Waals surface area contributed by atoms with Crippen molar-refractivity contribution in [1.29, 1.82) is 0 Å². The topological polar surface area (TPSA) is 79.5 Å². The highest BCUT2D eigenvalue weighted by molar-refractivity contribution is 5.90. The fourth-order valence-corrected chi connectivity index (χ4v) is 2.89. The van der Waals surface area contributed by atoms with Gasteiger partial charge in [0.2, 0.25) is 11.8 Å². The molecule has 0 radical (unpaired) electrons. The lowest BCUT2D eigenvalue weighted by Crippen LogP contribution is -2.38. The predicted octanol–water partition coefficient (Wildman–Crippen LogP) is 2.24. The molecular weight excluding hydrogens is 330 g/mol. The number of hydrogen-bond acceptors (Lipinski definition) is 4. The summed E-state index contributed by atoms with van der Waals surface area (Å²) < 4.78 is 5.60. The Labute approximate surface area is 152 Å². The molecule has 0 saturated carbocycles. The van der Waals surface area contributed by atoms with E-state index in [0.717, 1.165) is 23.4 Å². The van der Waals surface area contributed by atoms with Gasteiger partial charge >= 0.3 is 0 Å². The molecule has 0 aliphatic carbocycles. The lowest BCUT2D eigenvalue weighted by molar-refractivity contribution is -0.121. The van der Waals surface area contributed by atoms with Crippen molar-refractivity contribution in [2.24, 2.45) is 0 Å². The van der Waals surface area contributed by atoms with Crippen LogP contribution in [0.15, 0.2) is 54.6 Å². The third kappa shape index (κ3) is 5.07. The third-order valence-electron chi connectivity index (χ3n) is 4.17. The number of carbonyl (C=O) groups is 2. The van der Waals surface area contributed by atoms with Crippen LogP contribution in [-0.2, 0) is 9.59 Å². The highest BCUT2D eigenvalue weighted by atomic mass is 16.5. The van der Waals surface area contributed by atoms with E-state index in [9.17, 15) is 9.59 Å². The molecule has 3 rings (SSSR count). The van der Waals surface area contributed by atoms with E-state index in [1.807, 2.05) is 54.6 Å². The summed E-state index contributed by atoms with van der Waals surface area (Å²) in [5, 5.41) is 8.85. The van der Waals surface area contributed by atoms with Crippen LogP contribution < -0.4 is 20.7 Å². The number of nitrogens with one attached hydrogen (secondary N) is 3. The minimum atomic E-state index is -0.0878. The smallest absolute Gasteiger partial charge is 0.234 e. The van der Waals surface area contributed by atoms with Gasteiger partial charge in [-0.1, -0.05) is 36.4 Å². The predicted molar refractivity (Wildman–Crippen MR) is 100.0 cm³/mol. The summed E-state index contributed by atoms with van der Waals surface area (Å²) in [6.07, 6.45) is 1.06. The molecule has 2 aromatic carbocycles. The van der Waals surface area contributed by atoms with Gasteiger partial charge in [0.05, 0.1) is 19.2 Å². The number of rotatable bonds is 7. The number of para-hydroxylation sites is 2. The van der Waals surface area contributed by atoms with Gasteiger partial charge in [-0.2, -0.15) is 0 Å². The molecule has 1 heterocycles. The first kappa shape index (κ1) is 17.9. The molecule has 0 aromatic heterocycles. The van der Waals surface area contributed by atoms with Gasteiger partial charge in [0.1, 0.15) is 5.75 Å². The maximum Gasteiger partial charge on any atom is 0.234 e. The molecule has 3 N–H and O–H groups in total. The quantitative estimate of drug-likeness (QED) is 0.667. The summed E-state index contributed by atoms with van der Waals surface area (Å²) in [5.41, 5.74) is 1.78. The number of hydrogen-bond donors (Lipinski definition) is 3. The number of ether oxygens (including phenoxy) is 1. The number of carbonyl (C=O) groups excluding carboxylic acids is 2.